The third-order valence-corrected chi connectivity index (χ3v) is 1.70. The van der Waals surface area contributed by atoms with E-state index in [0.29, 0.717) is 0 Å². The molecule has 0 fully saturated rings. The number of rotatable bonds is 5. The molecule has 0 amide bonds. The topological polar surface area (TPSA) is 12.0 Å². The summed E-state index contributed by atoms with van der Waals surface area (Å²) in [5.41, 5.74) is 0.264. The fourth-order valence-electron chi connectivity index (χ4n) is 1.10. The second kappa shape index (κ2) is 5.22. The molecule has 1 heteroatoms. The molecule has 1 N–H and O–H groups in total. The van der Waals surface area contributed by atoms with Crippen molar-refractivity contribution in [1.29, 1.82) is 0 Å². The summed E-state index contributed by atoms with van der Waals surface area (Å²) in [6, 6.07) is 0. The Labute approximate surface area is 70.9 Å². The van der Waals surface area contributed by atoms with Gasteiger partial charge in [-0.25, -0.2) is 0 Å². The lowest BCUT2D eigenvalue weighted by molar-refractivity contribution is 0.405. The van der Waals surface area contributed by atoms with E-state index in [1.54, 1.807) is 0 Å². The third-order valence-electron chi connectivity index (χ3n) is 1.70. The molecule has 0 atom stereocenters. The zero-order valence-electron chi connectivity index (χ0n) is 8.28. The lowest BCUT2D eigenvalue weighted by Gasteiger charge is -2.24. The summed E-state index contributed by atoms with van der Waals surface area (Å²) in [6.45, 7) is 8.82. The summed E-state index contributed by atoms with van der Waals surface area (Å²) < 4.78 is 0. The number of nitrogens with one attached hydrogen (secondary N) is 1. The van der Waals surface area contributed by atoms with E-state index in [0.717, 1.165) is 6.42 Å². The number of hydrogen-bond donors (Lipinski definition) is 1. The standard InChI is InChI=1S/C10H21N/c1-5-7-9-11-10(3,4)8-6-2/h7,9,11H,5-6,8H2,1-4H3/b9-7-. The Balaban J connectivity index is 3.62. The summed E-state index contributed by atoms with van der Waals surface area (Å²) >= 11 is 0. The first-order valence-corrected chi connectivity index (χ1v) is 4.55. The molecule has 11 heavy (non-hydrogen) atoms. The molecule has 0 aliphatic heterocycles. The van der Waals surface area contributed by atoms with Crippen molar-refractivity contribution in [3.8, 4) is 0 Å². The Kier molecular flexibility index (Phi) is 5.01. The van der Waals surface area contributed by atoms with Gasteiger partial charge in [0.1, 0.15) is 0 Å². The van der Waals surface area contributed by atoms with Crippen LogP contribution in [-0.4, -0.2) is 5.54 Å². The Morgan fingerprint density at radius 2 is 1.91 bits per heavy atom. The van der Waals surface area contributed by atoms with Gasteiger partial charge in [-0.15, -0.1) is 0 Å². The maximum atomic E-state index is 3.38. The van der Waals surface area contributed by atoms with E-state index in [2.05, 4.69) is 45.3 Å². The van der Waals surface area contributed by atoms with Crippen LogP contribution in [0.25, 0.3) is 0 Å². The average molecular weight is 155 g/mol. The molecule has 0 rings (SSSR count). The number of hydrogen-bond acceptors (Lipinski definition) is 1. The van der Waals surface area contributed by atoms with E-state index in [1.807, 2.05) is 0 Å². The fraction of sp³-hybridized carbons (Fsp3) is 0.800. The minimum atomic E-state index is 0.264. The van der Waals surface area contributed by atoms with Crippen molar-refractivity contribution in [2.24, 2.45) is 0 Å². The van der Waals surface area contributed by atoms with E-state index in [-0.39, 0.29) is 5.54 Å². The number of allylic oxidation sites excluding steroid dienone is 1. The Bertz CT molecular complexity index is 114. The maximum absolute atomic E-state index is 3.38. The highest BCUT2D eigenvalue weighted by atomic mass is 14.9. The molecule has 0 aromatic carbocycles. The Hall–Kier alpha value is -0.460. The monoisotopic (exact) mass is 155 g/mol. The Morgan fingerprint density at radius 1 is 1.27 bits per heavy atom. The fourth-order valence-corrected chi connectivity index (χ4v) is 1.10. The molecule has 0 aromatic heterocycles. The van der Waals surface area contributed by atoms with Crippen LogP contribution in [-0.2, 0) is 0 Å². The lowest BCUT2D eigenvalue weighted by atomic mass is 9.99. The summed E-state index contributed by atoms with van der Waals surface area (Å²) in [5.74, 6) is 0. The third kappa shape index (κ3) is 5.96. The second-order valence-corrected chi connectivity index (χ2v) is 3.59. The Morgan fingerprint density at radius 3 is 2.36 bits per heavy atom. The van der Waals surface area contributed by atoms with E-state index in [9.17, 15) is 0 Å². The summed E-state index contributed by atoms with van der Waals surface area (Å²) in [4.78, 5) is 0. The maximum Gasteiger partial charge on any atom is 0.0311 e. The van der Waals surface area contributed by atoms with Crippen molar-refractivity contribution >= 4 is 0 Å². The van der Waals surface area contributed by atoms with Crippen LogP contribution in [0.5, 0.6) is 0 Å². The van der Waals surface area contributed by atoms with Gasteiger partial charge in [0.05, 0.1) is 0 Å². The zero-order chi connectivity index (χ0) is 8.74. The van der Waals surface area contributed by atoms with Gasteiger partial charge in [-0.2, -0.15) is 0 Å². The minimum absolute atomic E-state index is 0.264. The van der Waals surface area contributed by atoms with Gasteiger partial charge in [-0.1, -0.05) is 26.3 Å². The molecule has 0 aromatic rings. The van der Waals surface area contributed by atoms with Crippen LogP contribution in [0.4, 0.5) is 0 Å². The molecule has 0 unspecified atom stereocenters. The molecule has 0 spiro atoms. The van der Waals surface area contributed by atoms with Crippen LogP contribution < -0.4 is 5.32 Å². The molecule has 0 saturated heterocycles. The van der Waals surface area contributed by atoms with Gasteiger partial charge in [0, 0.05) is 5.54 Å². The molecule has 0 aliphatic rings. The first-order chi connectivity index (χ1) is 5.12. The van der Waals surface area contributed by atoms with E-state index in [4.69, 9.17) is 0 Å². The average Bonchev–Trinajstić information content (AvgIpc) is 1.87. The van der Waals surface area contributed by atoms with Gasteiger partial charge in [0.25, 0.3) is 0 Å². The zero-order valence-corrected chi connectivity index (χ0v) is 8.28. The smallest absolute Gasteiger partial charge is 0.0311 e. The van der Waals surface area contributed by atoms with Crippen molar-refractivity contribution in [1.82, 2.24) is 5.32 Å². The molecule has 0 saturated carbocycles. The highest BCUT2D eigenvalue weighted by molar-refractivity contribution is 4.87. The van der Waals surface area contributed by atoms with Crippen molar-refractivity contribution in [3.63, 3.8) is 0 Å². The normalized spacial score (nSPS) is 12.4. The minimum Gasteiger partial charge on any atom is -0.386 e. The molecule has 0 bridgehead atoms. The van der Waals surface area contributed by atoms with Crippen LogP contribution in [0.1, 0.15) is 47.0 Å². The quantitative estimate of drug-likeness (QED) is 0.643. The van der Waals surface area contributed by atoms with Gasteiger partial charge < -0.3 is 5.32 Å². The van der Waals surface area contributed by atoms with Crippen LogP contribution in [0, 0.1) is 0 Å². The molecule has 0 heterocycles. The van der Waals surface area contributed by atoms with Crippen LogP contribution >= 0.6 is 0 Å². The largest absolute Gasteiger partial charge is 0.386 e. The van der Waals surface area contributed by atoms with Crippen molar-refractivity contribution in [3.05, 3.63) is 12.3 Å². The van der Waals surface area contributed by atoms with Crippen molar-refractivity contribution in [2.45, 2.75) is 52.5 Å². The molecule has 66 valence electrons. The van der Waals surface area contributed by atoms with E-state index < -0.39 is 0 Å². The summed E-state index contributed by atoms with van der Waals surface area (Å²) in [5, 5.41) is 3.38. The van der Waals surface area contributed by atoms with Gasteiger partial charge >= 0.3 is 0 Å². The first kappa shape index (κ1) is 10.5. The van der Waals surface area contributed by atoms with E-state index in [1.165, 1.54) is 12.8 Å². The second-order valence-electron chi connectivity index (χ2n) is 3.59. The highest BCUT2D eigenvalue weighted by Gasteiger charge is 2.12. The van der Waals surface area contributed by atoms with Crippen molar-refractivity contribution < 1.29 is 0 Å². The van der Waals surface area contributed by atoms with Crippen LogP contribution in [0.3, 0.4) is 0 Å². The van der Waals surface area contributed by atoms with Gasteiger partial charge in [0.2, 0.25) is 0 Å². The summed E-state index contributed by atoms with van der Waals surface area (Å²) in [6.07, 6.45) is 7.78. The first-order valence-electron chi connectivity index (χ1n) is 4.55. The highest BCUT2D eigenvalue weighted by Crippen LogP contribution is 2.09. The van der Waals surface area contributed by atoms with Crippen molar-refractivity contribution in [2.75, 3.05) is 0 Å². The predicted octanol–water partition coefficient (Wildman–Crippen LogP) is 3.08. The lowest BCUT2D eigenvalue weighted by Crippen LogP contribution is -2.34. The van der Waals surface area contributed by atoms with Gasteiger partial charge in [-0.05, 0) is 32.9 Å². The van der Waals surface area contributed by atoms with Crippen LogP contribution in [0.2, 0.25) is 0 Å². The summed E-state index contributed by atoms with van der Waals surface area (Å²) in [7, 11) is 0. The predicted molar refractivity (Wildman–Crippen MR) is 51.6 cm³/mol. The molecule has 1 nitrogen and oxygen atoms in total. The molecule has 0 radical (unpaired) electrons. The molecular formula is C10H21N. The molecule has 0 aliphatic carbocycles. The molecular weight excluding hydrogens is 134 g/mol. The SMILES string of the molecule is CC/C=C\NC(C)(C)CCC. The van der Waals surface area contributed by atoms with Gasteiger partial charge in [-0.3, -0.25) is 0 Å². The van der Waals surface area contributed by atoms with Gasteiger partial charge in [0.15, 0.2) is 0 Å². The van der Waals surface area contributed by atoms with E-state index >= 15 is 0 Å². The van der Waals surface area contributed by atoms with Crippen LogP contribution in [0.15, 0.2) is 12.3 Å².